The summed E-state index contributed by atoms with van der Waals surface area (Å²) < 4.78 is 30.8. The fraction of sp³-hybridized carbons (Fsp3) is 0.182. The lowest BCUT2D eigenvalue weighted by Gasteiger charge is -2.18. The van der Waals surface area contributed by atoms with Gasteiger partial charge in [0.2, 0.25) is 0 Å². The largest absolute Gasteiger partial charge is 0.391 e. The Kier molecular flexibility index (Phi) is 3.86. The normalized spacial score (nSPS) is 16.6. The number of aryl methyl sites for hydroxylation is 1. The van der Waals surface area contributed by atoms with Crippen LogP contribution < -0.4 is 5.32 Å². The van der Waals surface area contributed by atoms with Crippen molar-refractivity contribution in [2.75, 3.05) is 6.54 Å². The molecule has 1 aliphatic heterocycles. The lowest BCUT2D eigenvalue weighted by atomic mass is 9.92. The lowest BCUT2D eigenvalue weighted by Crippen LogP contribution is -2.16. The average molecular weight is 376 g/mol. The quantitative estimate of drug-likeness (QED) is 0.553. The highest BCUT2D eigenvalue weighted by molar-refractivity contribution is 5.87. The molecule has 0 spiro atoms. The van der Waals surface area contributed by atoms with Gasteiger partial charge >= 0.3 is 0 Å². The zero-order chi connectivity index (χ0) is 19.3. The SMILES string of the molecule is Cn1cc2cc(-c3ccc4cc(C5C=CNCC5)cc(F)c4n3)cc(F)c2n1. The molecule has 0 saturated heterocycles. The van der Waals surface area contributed by atoms with Crippen LogP contribution in [0.2, 0.25) is 0 Å². The van der Waals surface area contributed by atoms with Crippen LogP contribution in [-0.4, -0.2) is 21.3 Å². The first-order valence-corrected chi connectivity index (χ1v) is 9.22. The second-order valence-electron chi connectivity index (χ2n) is 7.18. The number of fused-ring (bicyclic) bond motifs is 2. The lowest BCUT2D eigenvalue weighted by molar-refractivity contribution is 0.622. The summed E-state index contributed by atoms with van der Waals surface area (Å²) in [6.07, 6.45) is 6.65. The van der Waals surface area contributed by atoms with Gasteiger partial charge in [-0.3, -0.25) is 4.68 Å². The number of hydrogen-bond acceptors (Lipinski definition) is 3. The van der Waals surface area contributed by atoms with E-state index in [0.717, 1.165) is 23.9 Å². The minimum atomic E-state index is -0.413. The van der Waals surface area contributed by atoms with E-state index < -0.39 is 5.82 Å². The van der Waals surface area contributed by atoms with Crippen molar-refractivity contribution in [3.8, 4) is 11.3 Å². The predicted octanol–water partition coefficient (Wildman–Crippen LogP) is 4.66. The smallest absolute Gasteiger partial charge is 0.151 e. The van der Waals surface area contributed by atoms with Crippen LogP contribution in [0.3, 0.4) is 0 Å². The highest BCUT2D eigenvalue weighted by Crippen LogP contribution is 2.31. The van der Waals surface area contributed by atoms with Crippen molar-refractivity contribution < 1.29 is 8.78 Å². The molecule has 1 aliphatic rings. The van der Waals surface area contributed by atoms with Gasteiger partial charge in [-0.2, -0.15) is 5.10 Å². The fourth-order valence-electron chi connectivity index (χ4n) is 3.83. The number of allylic oxidation sites excluding steroid dienone is 1. The summed E-state index contributed by atoms with van der Waals surface area (Å²) in [6, 6.07) is 10.4. The second-order valence-corrected chi connectivity index (χ2v) is 7.18. The number of hydrogen-bond donors (Lipinski definition) is 1. The van der Waals surface area contributed by atoms with E-state index in [0.29, 0.717) is 27.7 Å². The van der Waals surface area contributed by atoms with E-state index in [9.17, 15) is 8.78 Å². The van der Waals surface area contributed by atoms with Gasteiger partial charge in [0.25, 0.3) is 0 Å². The number of benzene rings is 2. The molecule has 5 rings (SSSR count). The molecule has 4 nitrogen and oxygen atoms in total. The van der Waals surface area contributed by atoms with Crippen LogP contribution in [0.15, 0.2) is 54.9 Å². The summed E-state index contributed by atoms with van der Waals surface area (Å²) >= 11 is 0. The first-order valence-electron chi connectivity index (χ1n) is 9.22. The minimum absolute atomic E-state index is 0.196. The van der Waals surface area contributed by atoms with Crippen LogP contribution in [0, 0.1) is 11.6 Å². The summed E-state index contributed by atoms with van der Waals surface area (Å²) in [5.41, 5.74) is 2.69. The van der Waals surface area contributed by atoms with Crippen LogP contribution in [0.1, 0.15) is 17.9 Å². The standard InChI is InChI=1S/C22H18F2N4/c1-28-12-17-9-16(11-19(24)22(17)27-28)20-3-2-14-8-15(10-18(23)21(14)26-20)13-4-6-25-7-5-13/h2-4,6,8-13,25H,5,7H2,1H3. The molecule has 28 heavy (non-hydrogen) atoms. The highest BCUT2D eigenvalue weighted by Gasteiger charge is 2.16. The van der Waals surface area contributed by atoms with Gasteiger partial charge < -0.3 is 5.32 Å². The van der Waals surface area contributed by atoms with Crippen molar-refractivity contribution >= 4 is 21.8 Å². The van der Waals surface area contributed by atoms with E-state index in [2.05, 4.69) is 21.5 Å². The van der Waals surface area contributed by atoms with Crippen molar-refractivity contribution in [1.29, 1.82) is 0 Å². The van der Waals surface area contributed by atoms with E-state index in [1.54, 1.807) is 30.1 Å². The molecule has 0 fully saturated rings. The molecule has 0 aliphatic carbocycles. The Bertz CT molecular complexity index is 1240. The monoisotopic (exact) mass is 376 g/mol. The summed E-state index contributed by atoms with van der Waals surface area (Å²) in [4.78, 5) is 4.49. The molecule has 1 atom stereocenters. The summed E-state index contributed by atoms with van der Waals surface area (Å²) in [7, 11) is 1.75. The number of nitrogens with zero attached hydrogens (tertiary/aromatic N) is 3. The van der Waals surface area contributed by atoms with Crippen LogP contribution in [0.5, 0.6) is 0 Å². The van der Waals surface area contributed by atoms with Crippen LogP contribution in [0.4, 0.5) is 8.78 Å². The third kappa shape index (κ3) is 2.81. The molecule has 1 unspecified atom stereocenters. The maximum Gasteiger partial charge on any atom is 0.151 e. The predicted molar refractivity (Wildman–Crippen MR) is 106 cm³/mol. The third-order valence-corrected chi connectivity index (χ3v) is 5.21. The van der Waals surface area contributed by atoms with Crippen LogP contribution >= 0.6 is 0 Å². The Hall–Kier alpha value is -3.28. The molecule has 3 heterocycles. The van der Waals surface area contributed by atoms with E-state index in [1.165, 1.54) is 6.07 Å². The fourth-order valence-corrected chi connectivity index (χ4v) is 3.83. The van der Waals surface area contributed by atoms with Gasteiger partial charge in [0.1, 0.15) is 16.9 Å². The molecule has 140 valence electrons. The van der Waals surface area contributed by atoms with Crippen LogP contribution in [-0.2, 0) is 7.05 Å². The molecule has 0 amide bonds. The molecule has 2 aromatic heterocycles. The number of pyridine rings is 1. The van der Waals surface area contributed by atoms with Crippen molar-refractivity contribution in [2.24, 2.45) is 7.05 Å². The van der Waals surface area contributed by atoms with Gasteiger partial charge in [-0.15, -0.1) is 0 Å². The maximum atomic E-state index is 14.8. The maximum absolute atomic E-state index is 14.8. The molecule has 0 radical (unpaired) electrons. The van der Waals surface area contributed by atoms with Crippen molar-refractivity contribution in [3.63, 3.8) is 0 Å². The van der Waals surface area contributed by atoms with E-state index >= 15 is 0 Å². The third-order valence-electron chi connectivity index (χ3n) is 5.21. The molecule has 1 N–H and O–H groups in total. The first-order chi connectivity index (χ1) is 13.6. The summed E-state index contributed by atoms with van der Waals surface area (Å²) in [5, 5.41) is 8.71. The van der Waals surface area contributed by atoms with Crippen LogP contribution in [0.25, 0.3) is 33.1 Å². The first kappa shape index (κ1) is 16.9. The van der Waals surface area contributed by atoms with Gasteiger partial charge in [0.15, 0.2) is 5.82 Å². The van der Waals surface area contributed by atoms with Gasteiger partial charge in [0.05, 0.1) is 5.69 Å². The van der Waals surface area contributed by atoms with Gasteiger partial charge in [-0.05, 0) is 48.5 Å². The Morgan fingerprint density at radius 2 is 1.89 bits per heavy atom. The van der Waals surface area contributed by atoms with Crippen molar-refractivity contribution in [3.05, 3.63) is 72.1 Å². The molecule has 2 aromatic carbocycles. The Morgan fingerprint density at radius 3 is 2.71 bits per heavy atom. The van der Waals surface area contributed by atoms with E-state index in [-0.39, 0.29) is 11.7 Å². The van der Waals surface area contributed by atoms with Gasteiger partial charge in [-0.25, -0.2) is 13.8 Å². The Morgan fingerprint density at radius 1 is 1.04 bits per heavy atom. The van der Waals surface area contributed by atoms with Crippen molar-refractivity contribution in [1.82, 2.24) is 20.1 Å². The topological polar surface area (TPSA) is 42.7 Å². The summed E-state index contributed by atoms with van der Waals surface area (Å²) in [5.74, 6) is -0.574. The number of nitrogens with one attached hydrogen (secondary N) is 1. The highest BCUT2D eigenvalue weighted by atomic mass is 19.1. The number of aromatic nitrogens is 3. The van der Waals surface area contributed by atoms with Gasteiger partial charge in [-0.1, -0.05) is 12.1 Å². The van der Waals surface area contributed by atoms with Gasteiger partial charge in [0, 0.05) is 42.0 Å². The summed E-state index contributed by atoms with van der Waals surface area (Å²) in [6.45, 7) is 0.875. The van der Waals surface area contributed by atoms with E-state index in [1.807, 2.05) is 24.4 Å². The molecule has 6 heteroatoms. The molecule has 0 bridgehead atoms. The number of rotatable bonds is 2. The number of halogens is 2. The van der Waals surface area contributed by atoms with E-state index in [4.69, 9.17) is 0 Å². The Balaban J connectivity index is 1.61. The Labute approximate surface area is 160 Å². The molecule has 0 saturated carbocycles. The second kappa shape index (κ2) is 6.41. The minimum Gasteiger partial charge on any atom is -0.391 e. The molecule has 4 aromatic rings. The zero-order valence-corrected chi connectivity index (χ0v) is 15.3. The average Bonchev–Trinajstić information content (AvgIpc) is 3.09. The van der Waals surface area contributed by atoms with Crippen molar-refractivity contribution in [2.45, 2.75) is 12.3 Å². The molecular weight excluding hydrogens is 358 g/mol. The molecular formula is C22H18F2N4. The zero-order valence-electron chi connectivity index (χ0n) is 15.3.